The van der Waals surface area contributed by atoms with Crippen molar-refractivity contribution >= 4 is 5.97 Å². The Morgan fingerprint density at radius 2 is 2.15 bits per heavy atom. The molecule has 0 heterocycles. The third-order valence-electron chi connectivity index (χ3n) is 2.52. The number of aliphatic carboxylic acids is 1. The Kier molecular flexibility index (Phi) is 2.74. The largest absolute Gasteiger partial charge is 0.476 e. The molecule has 0 atom stereocenters. The first-order valence-electron chi connectivity index (χ1n) is 4.53. The molecule has 3 heteroatoms. The highest BCUT2D eigenvalue weighted by atomic mass is 19.1. The molecule has 0 aromatic heterocycles. The van der Waals surface area contributed by atoms with Gasteiger partial charge in [0, 0.05) is 0 Å². The first-order valence-corrected chi connectivity index (χ1v) is 4.53. The van der Waals surface area contributed by atoms with Crippen LogP contribution in [0.4, 0.5) is 4.39 Å². The first kappa shape index (κ1) is 10.2. The Morgan fingerprint density at radius 1 is 1.54 bits per heavy atom. The molecular weight excluding hydrogens is 171 g/mol. The fourth-order valence-electron chi connectivity index (χ4n) is 1.87. The van der Waals surface area contributed by atoms with E-state index in [1.54, 1.807) is 0 Å². The van der Waals surface area contributed by atoms with Crippen LogP contribution < -0.4 is 0 Å². The van der Waals surface area contributed by atoms with Crippen molar-refractivity contribution in [1.29, 1.82) is 0 Å². The van der Waals surface area contributed by atoms with E-state index in [0.29, 0.717) is 18.4 Å². The van der Waals surface area contributed by atoms with Gasteiger partial charge in [-0.05, 0) is 36.7 Å². The van der Waals surface area contributed by atoms with E-state index in [-0.39, 0.29) is 5.41 Å². The number of carbonyl (C=O) groups is 1. The van der Waals surface area contributed by atoms with E-state index in [0.717, 1.165) is 12.8 Å². The van der Waals surface area contributed by atoms with Crippen molar-refractivity contribution in [2.75, 3.05) is 0 Å². The predicted octanol–water partition coefficient (Wildman–Crippen LogP) is 2.89. The Morgan fingerprint density at radius 3 is 2.62 bits per heavy atom. The van der Waals surface area contributed by atoms with E-state index in [4.69, 9.17) is 5.11 Å². The molecule has 1 aliphatic rings. The summed E-state index contributed by atoms with van der Waals surface area (Å²) < 4.78 is 13.0. The molecule has 0 saturated heterocycles. The average molecular weight is 186 g/mol. The van der Waals surface area contributed by atoms with Gasteiger partial charge < -0.3 is 5.11 Å². The number of allylic oxidation sites excluding steroid dienone is 1. The molecule has 1 N–H and O–H groups in total. The summed E-state index contributed by atoms with van der Waals surface area (Å²) in [5.74, 6) is -2.36. The normalized spacial score (nSPS) is 25.5. The lowest BCUT2D eigenvalue weighted by Gasteiger charge is -2.30. The van der Waals surface area contributed by atoms with Crippen LogP contribution >= 0.6 is 0 Å². The van der Waals surface area contributed by atoms with Gasteiger partial charge in [-0.15, -0.1) is 0 Å². The predicted molar refractivity (Wildman–Crippen MR) is 48.0 cm³/mol. The van der Waals surface area contributed by atoms with E-state index in [9.17, 15) is 9.18 Å². The minimum absolute atomic E-state index is 0.0559. The molecule has 0 aromatic rings. The van der Waals surface area contributed by atoms with E-state index in [2.05, 4.69) is 0 Å². The van der Waals surface area contributed by atoms with Crippen LogP contribution in [0.1, 0.15) is 39.5 Å². The molecule has 0 unspecified atom stereocenters. The van der Waals surface area contributed by atoms with Crippen LogP contribution in [0.2, 0.25) is 0 Å². The van der Waals surface area contributed by atoms with Gasteiger partial charge in [-0.25, -0.2) is 4.79 Å². The molecule has 0 bridgehead atoms. The zero-order valence-corrected chi connectivity index (χ0v) is 8.06. The van der Waals surface area contributed by atoms with Gasteiger partial charge in [0.2, 0.25) is 5.83 Å². The maximum atomic E-state index is 13.0. The van der Waals surface area contributed by atoms with E-state index >= 15 is 0 Å². The summed E-state index contributed by atoms with van der Waals surface area (Å²) in [7, 11) is 0. The summed E-state index contributed by atoms with van der Waals surface area (Å²) >= 11 is 0. The SMILES string of the molecule is CC1(C)CCC/C(=C(/F)C(=O)O)C1. The molecular formula is C10H15FO2. The van der Waals surface area contributed by atoms with Crippen LogP contribution in [-0.4, -0.2) is 11.1 Å². The van der Waals surface area contributed by atoms with Gasteiger partial charge in [-0.2, -0.15) is 4.39 Å². The lowest BCUT2D eigenvalue weighted by atomic mass is 9.75. The van der Waals surface area contributed by atoms with Crippen LogP contribution in [0.5, 0.6) is 0 Å². The van der Waals surface area contributed by atoms with Gasteiger partial charge in [-0.1, -0.05) is 13.8 Å². The standard InChI is InChI=1S/C10H15FO2/c1-10(2)5-3-4-7(6-10)8(11)9(12)13/h3-6H2,1-2H3,(H,12,13)/b8-7-. The summed E-state index contributed by atoms with van der Waals surface area (Å²) in [5, 5.41) is 8.47. The Balaban J connectivity index is 2.82. The number of halogens is 1. The van der Waals surface area contributed by atoms with Crippen molar-refractivity contribution in [2.24, 2.45) is 5.41 Å². The topological polar surface area (TPSA) is 37.3 Å². The Bertz CT molecular complexity index is 254. The number of carboxylic acids is 1. The van der Waals surface area contributed by atoms with Crippen molar-refractivity contribution in [3.05, 3.63) is 11.4 Å². The van der Waals surface area contributed by atoms with Crippen LogP contribution in [0.15, 0.2) is 11.4 Å². The second kappa shape index (κ2) is 3.48. The molecule has 0 aliphatic heterocycles. The number of hydrogen-bond acceptors (Lipinski definition) is 1. The van der Waals surface area contributed by atoms with Crippen molar-refractivity contribution in [1.82, 2.24) is 0 Å². The third-order valence-corrected chi connectivity index (χ3v) is 2.52. The molecule has 74 valence electrons. The molecule has 2 nitrogen and oxygen atoms in total. The Hall–Kier alpha value is -0.860. The maximum absolute atomic E-state index is 13.0. The van der Waals surface area contributed by atoms with Crippen molar-refractivity contribution < 1.29 is 14.3 Å². The summed E-state index contributed by atoms with van der Waals surface area (Å²) in [6, 6.07) is 0. The molecule has 0 radical (unpaired) electrons. The maximum Gasteiger partial charge on any atom is 0.364 e. The van der Waals surface area contributed by atoms with E-state index in [1.807, 2.05) is 13.8 Å². The minimum Gasteiger partial charge on any atom is -0.476 e. The number of rotatable bonds is 1. The molecule has 13 heavy (non-hydrogen) atoms. The second-order valence-corrected chi connectivity index (χ2v) is 4.42. The Labute approximate surface area is 77.4 Å². The van der Waals surface area contributed by atoms with Crippen LogP contribution in [0.25, 0.3) is 0 Å². The molecule has 0 aromatic carbocycles. The summed E-state index contributed by atoms with van der Waals surface area (Å²) in [6.45, 7) is 4.09. The number of carboxylic acid groups (broad SMARTS) is 1. The molecule has 0 amide bonds. The van der Waals surface area contributed by atoms with Gasteiger partial charge in [0.05, 0.1) is 0 Å². The molecule has 1 rings (SSSR count). The highest BCUT2D eigenvalue weighted by Gasteiger charge is 2.27. The summed E-state index contributed by atoms with van der Waals surface area (Å²) in [6.07, 6.45) is 3.11. The fraction of sp³-hybridized carbons (Fsp3) is 0.700. The smallest absolute Gasteiger partial charge is 0.364 e. The average Bonchev–Trinajstić information content (AvgIpc) is 2.01. The zero-order chi connectivity index (χ0) is 10.1. The van der Waals surface area contributed by atoms with Gasteiger partial charge in [0.25, 0.3) is 0 Å². The van der Waals surface area contributed by atoms with Gasteiger partial charge in [0.15, 0.2) is 0 Å². The highest BCUT2D eigenvalue weighted by Crippen LogP contribution is 2.39. The first-order chi connectivity index (χ1) is 5.92. The van der Waals surface area contributed by atoms with Crippen molar-refractivity contribution in [3.8, 4) is 0 Å². The summed E-state index contributed by atoms with van der Waals surface area (Å²) in [5.41, 5.74) is 0.532. The van der Waals surface area contributed by atoms with Gasteiger partial charge in [0.1, 0.15) is 0 Å². The zero-order valence-electron chi connectivity index (χ0n) is 8.06. The lowest BCUT2D eigenvalue weighted by molar-refractivity contribution is -0.134. The second-order valence-electron chi connectivity index (χ2n) is 4.42. The van der Waals surface area contributed by atoms with E-state index < -0.39 is 11.8 Å². The van der Waals surface area contributed by atoms with Crippen LogP contribution in [0.3, 0.4) is 0 Å². The lowest BCUT2D eigenvalue weighted by Crippen LogP contribution is -2.18. The quantitative estimate of drug-likeness (QED) is 0.639. The minimum atomic E-state index is -1.42. The van der Waals surface area contributed by atoms with Crippen LogP contribution in [-0.2, 0) is 4.79 Å². The highest BCUT2D eigenvalue weighted by molar-refractivity contribution is 5.84. The monoisotopic (exact) mass is 186 g/mol. The van der Waals surface area contributed by atoms with Gasteiger partial charge >= 0.3 is 5.97 Å². The van der Waals surface area contributed by atoms with Crippen LogP contribution in [0, 0.1) is 5.41 Å². The molecule has 0 spiro atoms. The van der Waals surface area contributed by atoms with E-state index in [1.165, 1.54) is 0 Å². The molecule has 1 saturated carbocycles. The van der Waals surface area contributed by atoms with Gasteiger partial charge in [-0.3, -0.25) is 0 Å². The van der Waals surface area contributed by atoms with Crippen molar-refractivity contribution in [2.45, 2.75) is 39.5 Å². The number of hydrogen-bond donors (Lipinski definition) is 1. The molecule has 1 fully saturated rings. The third kappa shape index (κ3) is 2.54. The molecule has 1 aliphatic carbocycles. The fourth-order valence-corrected chi connectivity index (χ4v) is 1.87. The van der Waals surface area contributed by atoms with Crippen molar-refractivity contribution in [3.63, 3.8) is 0 Å². The summed E-state index contributed by atoms with van der Waals surface area (Å²) in [4.78, 5) is 10.4.